The lowest BCUT2D eigenvalue weighted by molar-refractivity contribution is -0.124. The van der Waals surface area contributed by atoms with Crippen LogP contribution in [0.15, 0.2) is 30.5 Å². The summed E-state index contributed by atoms with van der Waals surface area (Å²) in [5, 5.41) is 9.83. The number of carbonyl (C=O) groups excluding carboxylic acids is 2. The number of ether oxygens (including phenoxy) is 2. The monoisotopic (exact) mass is 303 g/mol. The van der Waals surface area contributed by atoms with Crippen molar-refractivity contribution in [2.45, 2.75) is 6.42 Å². The molecule has 1 N–H and O–H groups in total. The van der Waals surface area contributed by atoms with Gasteiger partial charge in [0, 0.05) is 25.2 Å². The number of carbonyl (C=O) groups is 2. The molecule has 22 heavy (non-hydrogen) atoms. The lowest BCUT2D eigenvalue weighted by Gasteiger charge is -2.18. The summed E-state index contributed by atoms with van der Waals surface area (Å²) in [6, 6.07) is 3.19. The minimum absolute atomic E-state index is 0.0148. The van der Waals surface area contributed by atoms with Crippen LogP contribution in [-0.4, -0.2) is 42.5 Å². The average Bonchev–Trinajstić information content (AvgIpc) is 2.54. The molecule has 0 aliphatic carbocycles. The van der Waals surface area contributed by atoms with Crippen molar-refractivity contribution in [2.75, 3.05) is 20.8 Å². The average molecular weight is 303 g/mol. The van der Waals surface area contributed by atoms with E-state index in [1.807, 2.05) is 0 Å². The van der Waals surface area contributed by atoms with E-state index in [1.54, 1.807) is 18.2 Å². The molecule has 0 saturated carbocycles. The molecule has 0 radical (unpaired) electrons. The van der Waals surface area contributed by atoms with Crippen LogP contribution in [0.5, 0.6) is 17.2 Å². The van der Waals surface area contributed by atoms with Crippen molar-refractivity contribution >= 4 is 17.8 Å². The largest absolute Gasteiger partial charge is 0.502 e. The van der Waals surface area contributed by atoms with Crippen molar-refractivity contribution in [3.05, 3.63) is 36.0 Å². The number of phenols is 1. The Labute approximate surface area is 128 Å². The summed E-state index contributed by atoms with van der Waals surface area (Å²) in [5.41, 5.74) is 0.650. The molecule has 2 rings (SSSR count). The minimum Gasteiger partial charge on any atom is -0.502 e. The molecule has 1 aliphatic rings. The Bertz CT molecular complexity index is 623. The summed E-state index contributed by atoms with van der Waals surface area (Å²) in [4.78, 5) is 24.6. The van der Waals surface area contributed by atoms with E-state index in [4.69, 9.17) is 9.47 Å². The van der Waals surface area contributed by atoms with Crippen LogP contribution in [0.4, 0.5) is 0 Å². The zero-order valence-corrected chi connectivity index (χ0v) is 12.4. The SMILES string of the molecule is COc1cc(C=CC(=O)N2C=CC(=O)CC2)cc(OC)c1O. The maximum atomic E-state index is 12.0. The molecule has 1 aliphatic heterocycles. The van der Waals surface area contributed by atoms with E-state index in [1.165, 1.54) is 37.5 Å². The van der Waals surface area contributed by atoms with Gasteiger partial charge in [0.15, 0.2) is 17.3 Å². The van der Waals surface area contributed by atoms with E-state index in [9.17, 15) is 14.7 Å². The van der Waals surface area contributed by atoms with Crippen molar-refractivity contribution in [1.29, 1.82) is 0 Å². The lowest BCUT2D eigenvalue weighted by atomic mass is 10.1. The van der Waals surface area contributed by atoms with Crippen LogP contribution < -0.4 is 9.47 Å². The normalized spacial score (nSPS) is 14.5. The number of hydrogen-bond acceptors (Lipinski definition) is 5. The highest BCUT2D eigenvalue weighted by Crippen LogP contribution is 2.37. The summed E-state index contributed by atoms with van der Waals surface area (Å²) in [6.07, 6.45) is 6.19. The molecule has 1 aromatic carbocycles. The quantitative estimate of drug-likeness (QED) is 0.857. The molecule has 1 heterocycles. The molecule has 1 amide bonds. The minimum atomic E-state index is -0.227. The second-order valence-electron chi connectivity index (χ2n) is 4.67. The van der Waals surface area contributed by atoms with Gasteiger partial charge in [-0.2, -0.15) is 0 Å². The van der Waals surface area contributed by atoms with Crippen LogP contribution in [0.3, 0.4) is 0 Å². The molecule has 116 valence electrons. The fourth-order valence-corrected chi connectivity index (χ4v) is 2.02. The molecule has 0 fully saturated rings. The summed E-state index contributed by atoms with van der Waals surface area (Å²) in [5.74, 6) is 0.214. The molecule has 1 aromatic rings. The highest BCUT2D eigenvalue weighted by molar-refractivity contribution is 5.96. The number of benzene rings is 1. The number of phenolic OH excluding ortho intramolecular Hbond substituents is 1. The van der Waals surface area contributed by atoms with Gasteiger partial charge < -0.3 is 19.5 Å². The van der Waals surface area contributed by atoms with Crippen molar-refractivity contribution in [3.8, 4) is 17.2 Å². The smallest absolute Gasteiger partial charge is 0.250 e. The van der Waals surface area contributed by atoms with Crippen LogP contribution in [0.2, 0.25) is 0 Å². The molecule has 0 saturated heterocycles. The number of amides is 1. The van der Waals surface area contributed by atoms with Crippen LogP contribution in [-0.2, 0) is 9.59 Å². The molecule has 0 bridgehead atoms. The van der Waals surface area contributed by atoms with Gasteiger partial charge in [0.25, 0.3) is 5.91 Å². The number of hydrogen-bond donors (Lipinski definition) is 1. The third-order valence-electron chi connectivity index (χ3n) is 3.24. The van der Waals surface area contributed by atoms with Crippen molar-refractivity contribution in [1.82, 2.24) is 4.90 Å². The van der Waals surface area contributed by atoms with Gasteiger partial charge in [-0.15, -0.1) is 0 Å². The predicted molar refractivity (Wildman–Crippen MR) is 80.7 cm³/mol. The van der Waals surface area contributed by atoms with Crippen LogP contribution in [0.25, 0.3) is 6.08 Å². The van der Waals surface area contributed by atoms with Gasteiger partial charge in [0.1, 0.15) is 0 Å². The van der Waals surface area contributed by atoms with Crippen LogP contribution in [0, 0.1) is 0 Å². The van der Waals surface area contributed by atoms with Crippen molar-refractivity contribution in [3.63, 3.8) is 0 Å². The Kier molecular flexibility index (Phi) is 4.83. The number of nitrogens with zero attached hydrogens (tertiary/aromatic N) is 1. The standard InChI is InChI=1S/C16H17NO5/c1-21-13-9-11(10-14(22-2)16(13)20)3-4-15(19)17-7-5-12(18)6-8-17/h3-5,7,9-10,20H,6,8H2,1-2H3. The second-order valence-corrected chi connectivity index (χ2v) is 4.67. The maximum absolute atomic E-state index is 12.0. The molecule has 0 atom stereocenters. The van der Waals surface area contributed by atoms with E-state index >= 15 is 0 Å². The molecule has 0 spiro atoms. The van der Waals surface area contributed by atoms with Gasteiger partial charge in [-0.3, -0.25) is 9.59 Å². The first kappa shape index (κ1) is 15.6. The van der Waals surface area contributed by atoms with E-state index in [-0.39, 0.29) is 28.9 Å². The fraction of sp³-hybridized carbons (Fsp3) is 0.250. The van der Waals surface area contributed by atoms with E-state index < -0.39 is 0 Å². The van der Waals surface area contributed by atoms with E-state index in [2.05, 4.69) is 0 Å². The van der Waals surface area contributed by atoms with Gasteiger partial charge in [-0.1, -0.05) is 0 Å². The van der Waals surface area contributed by atoms with Gasteiger partial charge in [-0.25, -0.2) is 0 Å². The van der Waals surface area contributed by atoms with Gasteiger partial charge in [0.05, 0.1) is 14.2 Å². The number of rotatable bonds is 4. The topological polar surface area (TPSA) is 76.1 Å². The van der Waals surface area contributed by atoms with E-state index in [0.717, 1.165) is 0 Å². The summed E-state index contributed by atoms with van der Waals surface area (Å²) < 4.78 is 10.1. The van der Waals surface area contributed by atoms with Gasteiger partial charge in [-0.05, 0) is 29.8 Å². The highest BCUT2D eigenvalue weighted by atomic mass is 16.5. The Hall–Kier alpha value is -2.76. The predicted octanol–water partition coefficient (Wildman–Crippen LogP) is 1.74. The zero-order valence-electron chi connectivity index (χ0n) is 12.4. The third-order valence-corrected chi connectivity index (χ3v) is 3.24. The Morgan fingerprint density at radius 2 is 1.91 bits per heavy atom. The maximum Gasteiger partial charge on any atom is 0.250 e. The first-order valence-electron chi connectivity index (χ1n) is 6.70. The number of ketones is 1. The molecular formula is C16H17NO5. The summed E-state index contributed by atoms with van der Waals surface area (Å²) >= 11 is 0. The molecule has 0 unspecified atom stereocenters. The molecular weight excluding hydrogens is 286 g/mol. The first-order chi connectivity index (χ1) is 10.5. The van der Waals surface area contributed by atoms with Gasteiger partial charge in [0.2, 0.25) is 5.75 Å². The summed E-state index contributed by atoms with van der Waals surface area (Å²) in [6.45, 7) is 0.376. The second kappa shape index (κ2) is 6.80. The van der Waals surface area contributed by atoms with Crippen LogP contribution in [0.1, 0.15) is 12.0 Å². The fourth-order valence-electron chi connectivity index (χ4n) is 2.02. The molecule has 6 nitrogen and oxygen atoms in total. The number of allylic oxidation sites excluding steroid dienone is 1. The van der Waals surface area contributed by atoms with Crippen LogP contribution >= 0.6 is 0 Å². The third kappa shape index (κ3) is 3.46. The zero-order chi connectivity index (χ0) is 16.1. The van der Waals surface area contributed by atoms with Crippen molar-refractivity contribution in [2.24, 2.45) is 0 Å². The molecule has 0 aromatic heterocycles. The Morgan fingerprint density at radius 3 is 2.41 bits per heavy atom. The molecule has 6 heteroatoms. The number of aromatic hydroxyl groups is 1. The van der Waals surface area contributed by atoms with Crippen molar-refractivity contribution < 1.29 is 24.2 Å². The van der Waals surface area contributed by atoms with E-state index in [0.29, 0.717) is 18.5 Å². The lowest BCUT2D eigenvalue weighted by Crippen LogP contribution is -2.29. The Morgan fingerprint density at radius 1 is 1.27 bits per heavy atom. The Balaban J connectivity index is 2.17. The highest BCUT2D eigenvalue weighted by Gasteiger charge is 2.14. The first-order valence-corrected chi connectivity index (χ1v) is 6.70. The number of methoxy groups -OCH3 is 2. The van der Waals surface area contributed by atoms with Gasteiger partial charge >= 0.3 is 0 Å². The summed E-state index contributed by atoms with van der Waals surface area (Å²) in [7, 11) is 2.87.